The minimum atomic E-state index is -0.377. The van der Waals surface area contributed by atoms with Crippen molar-refractivity contribution in [1.29, 1.82) is 0 Å². The van der Waals surface area contributed by atoms with Crippen LogP contribution in [0.25, 0.3) is 0 Å². The lowest BCUT2D eigenvalue weighted by Gasteiger charge is -2.32. The summed E-state index contributed by atoms with van der Waals surface area (Å²) in [7, 11) is 0. The smallest absolute Gasteiger partial charge is 0.258 e. The molecule has 5 rings (SSSR count). The monoisotopic (exact) mass is 584 g/mol. The minimum absolute atomic E-state index is 0.0239. The van der Waals surface area contributed by atoms with Gasteiger partial charge in [0, 0.05) is 50.2 Å². The molecule has 0 N–H and O–H groups in total. The Hall–Kier alpha value is -3.88. The third-order valence-electron chi connectivity index (χ3n) is 7.65. The minimum Gasteiger partial charge on any atom is -0.338 e. The Kier molecular flexibility index (Phi) is 9.77. The Morgan fingerprint density at radius 1 is 0.881 bits per heavy atom. The molecular formula is C34H37FN4O2S. The van der Waals surface area contributed by atoms with Crippen LogP contribution in [-0.4, -0.2) is 52.8 Å². The number of anilines is 1. The van der Waals surface area contributed by atoms with Crippen molar-refractivity contribution >= 4 is 28.8 Å². The molecule has 6 nitrogen and oxygen atoms in total. The van der Waals surface area contributed by atoms with E-state index in [1.807, 2.05) is 53.3 Å². The lowest BCUT2D eigenvalue weighted by molar-refractivity contribution is -0.131. The molecule has 0 saturated carbocycles. The standard InChI is InChI=1S/C34H37FN4O2S/c1-25-9-6-12-29-23-38(32(40)21-31-24-42-26(2)36-31)19-7-17-37(22-27-10-4-3-5-11-27)18-8-20-39(33(25)29)34(41)28-13-15-30(35)16-14-28/h3-6,9-16,24H,7-8,17-23H2,1-2H3. The van der Waals surface area contributed by atoms with Gasteiger partial charge in [-0.2, -0.15) is 0 Å². The van der Waals surface area contributed by atoms with Crippen molar-refractivity contribution in [3.63, 3.8) is 0 Å². The molecule has 0 bridgehead atoms. The van der Waals surface area contributed by atoms with Gasteiger partial charge in [0.05, 0.1) is 22.8 Å². The molecule has 2 heterocycles. The summed E-state index contributed by atoms with van der Waals surface area (Å²) >= 11 is 1.55. The number of nitrogens with zero attached hydrogens (tertiary/aromatic N) is 4. The number of fused-ring (bicyclic) bond motifs is 1. The highest BCUT2D eigenvalue weighted by atomic mass is 32.1. The van der Waals surface area contributed by atoms with Gasteiger partial charge in [0.1, 0.15) is 5.82 Å². The largest absolute Gasteiger partial charge is 0.338 e. The number of carbonyl (C=O) groups excluding carboxylic acids is 2. The van der Waals surface area contributed by atoms with E-state index in [1.165, 1.54) is 17.7 Å². The van der Waals surface area contributed by atoms with Crippen molar-refractivity contribution in [2.45, 2.75) is 46.2 Å². The molecule has 8 heteroatoms. The van der Waals surface area contributed by atoms with Gasteiger partial charge >= 0.3 is 0 Å². The van der Waals surface area contributed by atoms with E-state index in [0.717, 1.165) is 60.0 Å². The number of hydrogen-bond donors (Lipinski definition) is 0. The zero-order valence-corrected chi connectivity index (χ0v) is 25.1. The lowest BCUT2D eigenvalue weighted by Crippen LogP contribution is -2.39. The molecule has 42 heavy (non-hydrogen) atoms. The molecule has 0 aliphatic carbocycles. The highest BCUT2D eigenvalue weighted by molar-refractivity contribution is 7.09. The number of carbonyl (C=O) groups is 2. The first kappa shape index (κ1) is 29.6. The van der Waals surface area contributed by atoms with Crippen molar-refractivity contribution in [3.8, 4) is 0 Å². The Balaban J connectivity index is 1.49. The summed E-state index contributed by atoms with van der Waals surface area (Å²) in [5.74, 6) is -0.526. The van der Waals surface area contributed by atoms with Crippen molar-refractivity contribution in [3.05, 3.63) is 117 Å². The molecule has 0 fully saturated rings. The summed E-state index contributed by atoms with van der Waals surface area (Å²) in [6, 6.07) is 22.1. The third kappa shape index (κ3) is 7.49. The molecule has 0 atom stereocenters. The summed E-state index contributed by atoms with van der Waals surface area (Å²) in [5, 5.41) is 2.89. The molecule has 0 unspecified atom stereocenters. The fourth-order valence-electron chi connectivity index (χ4n) is 5.60. The van der Waals surface area contributed by atoms with Gasteiger partial charge in [-0.15, -0.1) is 11.3 Å². The van der Waals surface area contributed by atoms with E-state index in [-0.39, 0.29) is 24.1 Å². The maximum Gasteiger partial charge on any atom is 0.258 e. The number of hydrogen-bond acceptors (Lipinski definition) is 5. The molecule has 0 radical (unpaired) electrons. The molecule has 2 amide bonds. The summed E-state index contributed by atoms with van der Waals surface area (Å²) in [5.41, 5.74) is 5.17. The number of aryl methyl sites for hydroxylation is 2. The predicted molar refractivity (Wildman–Crippen MR) is 166 cm³/mol. The maximum atomic E-state index is 14.0. The van der Waals surface area contributed by atoms with E-state index in [1.54, 1.807) is 23.5 Å². The van der Waals surface area contributed by atoms with Gasteiger partial charge in [-0.1, -0.05) is 48.5 Å². The zero-order valence-electron chi connectivity index (χ0n) is 24.3. The van der Waals surface area contributed by atoms with Gasteiger partial charge < -0.3 is 9.80 Å². The maximum absolute atomic E-state index is 14.0. The Morgan fingerprint density at radius 2 is 1.62 bits per heavy atom. The van der Waals surface area contributed by atoms with Gasteiger partial charge in [-0.25, -0.2) is 9.37 Å². The quantitative estimate of drug-likeness (QED) is 0.272. The number of aromatic nitrogens is 1. The van der Waals surface area contributed by atoms with Crippen molar-refractivity contribution in [2.75, 3.05) is 31.1 Å². The molecule has 0 saturated heterocycles. The first-order valence-electron chi connectivity index (χ1n) is 14.5. The number of thiazole rings is 1. The average Bonchev–Trinajstić information content (AvgIpc) is 3.39. The van der Waals surface area contributed by atoms with Crippen LogP contribution < -0.4 is 4.90 Å². The van der Waals surface area contributed by atoms with Crippen LogP contribution in [0.3, 0.4) is 0 Å². The van der Waals surface area contributed by atoms with Crippen LogP contribution in [0.5, 0.6) is 0 Å². The topological polar surface area (TPSA) is 56.8 Å². The van der Waals surface area contributed by atoms with Crippen LogP contribution in [0.2, 0.25) is 0 Å². The van der Waals surface area contributed by atoms with E-state index in [2.05, 4.69) is 34.1 Å². The summed E-state index contributed by atoms with van der Waals surface area (Å²) < 4.78 is 13.7. The van der Waals surface area contributed by atoms with Crippen LogP contribution in [0.1, 0.15) is 50.6 Å². The van der Waals surface area contributed by atoms with Gasteiger partial charge in [0.25, 0.3) is 5.91 Å². The second kappa shape index (κ2) is 13.9. The molecule has 1 aliphatic heterocycles. The van der Waals surface area contributed by atoms with E-state index >= 15 is 0 Å². The summed E-state index contributed by atoms with van der Waals surface area (Å²) in [6.45, 7) is 7.89. The fraction of sp³-hybridized carbons (Fsp3) is 0.324. The highest BCUT2D eigenvalue weighted by Crippen LogP contribution is 2.29. The van der Waals surface area contributed by atoms with Crippen molar-refractivity contribution in [2.24, 2.45) is 0 Å². The molecule has 218 valence electrons. The van der Waals surface area contributed by atoms with Crippen molar-refractivity contribution < 1.29 is 14.0 Å². The van der Waals surface area contributed by atoms with Crippen molar-refractivity contribution in [1.82, 2.24) is 14.8 Å². The predicted octanol–water partition coefficient (Wildman–Crippen LogP) is 6.41. The second-order valence-electron chi connectivity index (χ2n) is 10.9. The lowest BCUT2D eigenvalue weighted by atomic mass is 10.0. The molecule has 1 aliphatic rings. The molecule has 0 spiro atoms. The van der Waals surface area contributed by atoms with Gasteiger partial charge in [-0.3, -0.25) is 14.5 Å². The molecule has 1 aromatic heterocycles. The number of benzene rings is 3. The Bertz CT molecular complexity index is 1510. The zero-order chi connectivity index (χ0) is 29.5. The van der Waals surface area contributed by atoms with Crippen LogP contribution in [0, 0.1) is 19.7 Å². The van der Waals surface area contributed by atoms with E-state index in [9.17, 15) is 14.0 Å². The number of para-hydroxylation sites is 1. The van der Waals surface area contributed by atoms with Gasteiger partial charge in [-0.05, 0) is 67.6 Å². The van der Waals surface area contributed by atoms with E-state index in [4.69, 9.17) is 0 Å². The molecular weight excluding hydrogens is 547 g/mol. The van der Waals surface area contributed by atoms with E-state index in [0.29, 0.717) is 25.2 Å². The van der Waals surface area contributed by atoms with E-state index < -0.39 is 0 Å². The van der Waals surface area contributed by atoms with Crippen LogP contribution in [0.15, 0.2) is 78.2 Å². The first-order chi connectivity index (χ1) is 20.4. The SMILES string of the molecule is Cc1nc(CC(=O)N2CCCN(Cc3ccccc3)CCCN(C(=O)c3ccc(F)cc3)c3c(C)cccc3C2)cs1. The first-order valence-corrected chi connectivity index (χ1v) is 15.4. The average molecular weight is 585 g/mol. The second-order valence-corrected chi connectivity index (χ2v) is 11.9. The fourth-order valence-corrected chi connectivity index (χ4v) is 6.21. The van der Waals surface area contributed by atoms with Crippen LogP contribution in [-0.2, 0) is 24.3 Å². The Labute approximate surface area is 251 Å². The van der Waals surface area contributed by atoms with Gasteiger partial charge in [0.15, 0.2) is 0 Å². The van der Waals surface area contributed by atoms with Crippen LogP contribution in [0.4, 0.5) is 10.1 Å². The number of amides is 2. The molecule has 4 aromatic rings. The number of rotatable bonds is 5. The molecule has 3 aromatic carbocycles. The number of halogens is 1. The normalized spacial score (nSPS) is 15.0. The summed E-state index contributed by atoms with van der Waals surface area (Å²) in [4.78, 5) is 38.3. The van der Waals surface area contributed by atoms with Crippen LogP contribution >= 0.6 is 11.3 Å². The summed E-state index contributed by atoms with van der Waals surface area (Å²) in [6.07, 6.45) is 1.87. The van der Waals surface area contributed by atoms with Gasteiger partial charge in [0.2, 0.25) is 5.91 Å². The third-order valence-corrected chi connectivity index (χ3v) is 8.47. The Morgan fingerprint density at radius 3 is 2.33 bits per heavy atom. The highest BCUT2D eigenvalue weighted by Gasteiger charge is 2.25.